The third kappa shape index (κ3) is 2.54. The van der Waals surface area contributed by atoms with Crippen LogP contribution in [-0.4, -0.2) is 16.4 Å². The molecule has 0 fully saturated rings. The number of aryl methyl sites for hydroxylation is 1. The molecule has 2 heterocycles. The molecule has 0 bridgehead atoms. The fraction of sp³-hybridized carbons (Fsp3) is 0.357. The first kappa shape index (κ1) is 11.7. The number of hydrogen-bond acceptors (Lipinski definition) is 4. The first-order chi connectivity index (χ1) is 8.81. The minimum Gasteiger partial charge on any atom is -0.375 e. The molecule has 1 aliphatic heterocycles. The van der Waals surface area contributed by atoms with E-state index in [4.69, 9.17) is 5.73 Å². The Bertz CT molecular complexity index is 535. The summed E-state index contributed by atoms with van der Waals surface area (Å²) in [6.07, 6.45) is 4.32. The van der Waals surface area contributed by atoms with Crippen LogP contribution in [0.1, 0.15) is 22.4 Å². The Morgan fingerprint density at radius 3 is 2.89 bits per heavy atom. The summed E-state index contributed by atoms with van der Waals surface area (Å²) in [5.74, 6) is 0. The molecule has 2 N–H and O–H groups in total. The fourth-order valence-electron chi connectivity index (χ4n) is 2.52. The third-order valence-electron chi connectivity index (χ3n) is 3.38. The number of nitrogen functional groups attached to an aromatic ring is 1. The number of fused-ring (bicyclic) bond motifs is 1. The maximum absolute atomic E-state index is 5.68. The summed E-state index contributed by atoms with van der Waals surface area (Å²) in [6.45, 7) is 3.14. The van der Waals surface area contributed by atoms with Crippen LogP contribution in [0.4, 0.5) is 5.13 Å². The molecule has 4 heteroatoms. The van der Waals surface area contributed by atoms with E-state index in [0.29, 0.717) is 5.13 Å². The fourth-order valence-corrected chi connectivity index (χ4v) is 3.25. The summed E-state index contributed by atoms with van der Waals surface area (Å²) < 4.78 is 0. The van der Waals surface area contributed by atoms with Gasteiger partial charge in [0.2, 0.25) is 0 Å². The molecular weight excluding hydrogens is 242 g/mol. The van der Waals surface area contributed by atoms with E-state index in [0.717, 1.165) is 19.6 Å². The van der Waals surface area contributed by atoms with Gasteiger partial charge in [-0.1, -0.05) is 24.3 Å². The average molecular weight is 259 g/mol. The van der Waals surface area contributed by atoms with Gasteiger partial charge in [-0.05, 0) is 30.5 Å². The SMILES string of the molecule is Nc1ncc(CN2CCCc3ccccc3C2)s1. The number of nitrogens with zero attached hydrogens (tertiary/aromatic N) is 2. The van der Waals surface area contributed by atoms with Crippen molar-refractivity contribution in [2.75, 3.05) is 12.3 Å². The number of aromatic nitrogens is 1. The van der Waals surface area contributed by atoms with E-state index in [2.05, 4.69) is 34.1 Å². The normalized spacial score (nSPS) is 16.2. The number of thiazole rings is 1. The highest BCUT2D eigenvalue weighted by Gasteiger charge is 2.14. The monoisotopic (exact) mass is 259 g/mol. The van der Waals surface area contributed by atoms with Gasteiger partial charge in [-0.2, -0.15) is 0 Å². The van der Waals surface area contributed by atoms with Gasteiger partial charge in [0, 0.05) is 24.2 Å². The van der Waals surface area contributed by atoms with Gasteiger partial charge >= 0.3 is 0 Å². The zero-order valence-electron chi connectivity index (χ0n) is 10.3. The van der Waals surface area contributed by atoms with Crippen molar-refractivity contribution >= 4 is 16.5 Å². The molecule has 0 saturated heterocycles. The molecule has 0 spiro atoms. The minimum atomic E-state index is 0.667. The van der Waals surface area contributed by atoms with Crippen molar-refractivity contribution in [3.05, 3.63) is 46.5 Å². The molecule has 0 aliphatic carbocycles. The minimum absolute atomic E-state index is 0.667. The molecule has 3 rings (SSSR count). The van der Waals surface area contributed by atoms with Crippen LogP contribution in [-0.2, 0) is 19.5 Å². The van der Waals surface area contributed by atoms with Crippen LogP contribution in [0, 0.1) is 0 Å². The van der Waals surface area contributed by atoms with E-state index in [1.807, 2.05) is 6.20 Å². The van der Waals surface area contributed by atoms with Gasteiger partial charge in [0.15, 0.2) is 5.13 Å². The first-order valence-corrected chi connectivity index (χ1v) is 7.12. The number of benzene rings is 1. The van der Waals surface area contributed by atoms with E-state index in [-0.39, 0.29) is 0 Å². The van der Waals surface area contributed by atoms with Gasteiger partial charge in [-0.25, -0.2) is 4.98 Å². The van der Waals surface area contributed by atoms with Gasteiger partial charge in [0.25, 0.3) is 0 Å². The van der Waals surface area contributed by atoms with E-state index in [9.17, 15) is 0 Å². The van der Waals surface area contributed by atoms with Gasteiger partial charge in [-0.15, -0.1) is 11.3 Å². The topological polar surface area (TPSA) is 42.1 Å². The first-order valence-electron chi connectivity index (χ1n) is 6.30. The summed E-state index contributed by atoms with van der Waals surface area (Å²) >= 11 is 1.59. The van der Waals surface area contributed by atoms with Crippen molar-refractivity contribution < 1.29 is 0 Å². The molecule has 3 nitrogen and oxygen atoms in total. The van der Waals surface area contributed by atoms with Gasteiger partial charge < -0.3 is 5.73 Å². The lowest BCUT2D eigenvalue weighted by atomic mass is 10.0. The van der Waals surface area contributed by atoms with Crippen molar-refractivity contribution in [3.8, 4) is 0 Å². The van der Waals surface area contributed by atoms with Crippen molar-refractivity contribution in [1.29, 1.82) is 0 Å². The lowest BCUT2D eigenvalue weighted by Gasteiger charge is -2.19. The molecule has 2 aromatic rings. The van der Waals surface area contributed by atoms with Crippen LogP contribution in [0.25, 0.3) is 0 Å². The van der Waals surface area contributed by atoms with Crippen molar-refractivity contribution in [2.45, 2.75) is 25.9 Å². The molecule has 0 unspecified atom stereocenters. The van der Waals surface area contributed by atoms with E-state index in [1.54, 1.807) is 11.3 Å². The van der Waals surface area contributed by atoms with Crippen LogP contribution in [0.15, 0.2) is 30.5 Å². The molecule has 0 radical (unpaired) electrons. The summed E-state index contributed by atoms with van der Waals surface area (Å²) in [5.41, 5.74) is 8.65. The summed E-state index contributed by atoms with van der Waals surface area (Å²) in [7, 11) is 0. The molecule has 0 amide bonds. The second kappa shape index (κ2) is 5.08. The van der Waals surface area contributed by atoms with Crippen molar-refractivity contribution in [3.63, 3.8) is 0 Å². The maximum Gasteiger partial charge on any atom is 0.180 e. The number of hydrogen-bond donors (Lipinski definition) is 1. The van der Waals surface area contributed by atoms with E-state index in [1.165, 1.54) is 28.8 Å². The average Bonchev–Trinajstić information content (AvgIpc) is 2.66. The van der Waals surface area contributed by atoms with Crippen molar-refractivity contribution in [2.24, 2.45) is 0 Å². The van der Waals surface area contributed by atoms with E-state index >= 15 is 0 Å². The van der Waals surface area contributed by atoms with Crippen LogP contribution in [0.5, 0.6) is 0 Å². The predicted molar refractivity (Wildman–Crippen MR) is 75.4 cm³/mol. The zero-order chi connectivity index (χ0) is 12.4. The van der Waals surface area contributed by atoms with Crippen LogP contribution in [0.3, 0.4) is 0 Å². The van der Waals surface area contributed by atoms with Crippen LogP contribution in [0.2, 0.25) is 0 Å². The molecule has 1 aromatic heterocycles. The molecule has 1 aromatic carbocycles. The Hall–Kier alpha value is -1.39. The predicted octanol–water partition coefficient (Wildman–Crippen LogP) is 2.67. The highest BCUT2D eigenvalue weighted by Crippen LogP contribution is 2.22. The summed E-state index contributed by atoms with van der Waals surface area (Å²) in [4.78, 5) is 7.86. The maximum atomic E-state index is 5.68. The Labute approximate surface area is 111 Å². The molecular formula is C14H17N3S. The molecule has 0 saturated carbocycles. The molecule has 1 aliphatic rings. The van der Waals surface area contributed by atoms with Gasteiger partial charge in [0.05, 0.1) is 0 Å². The summed E-state index contributed by atoms with van der Waals surface area (Å²) in [5, 5.41) is 0.667. The zero-order valence-corrected chi connectivity index (χ0v) is 11.1. The highest BCUT2D eigenvalue weighted by molar-refractivity contribution is 7.15. The second-order valence-electron chi connectivity index (χ2n) is 4.75. The van der Waals surface area contributed by atoms with Crippen LogP contribution >= 0.6 is 11.3 Å². The van der Waals surface area contributed by atoms with Gasteiger partial charge in [-0.3, -0.25) is 4.90 Å². The lowest BCUT2D eigenvalue weighted by molar-refractivity contribution is 0.263. The second-order valence-corrected chi connectivity index (χ2v) is 5.89. The number of nitrogens with two attached hydrogens (primary N) is 1. The quantitative estimate of drug-likeness (QED) is 0.901. The lowest BCUT2D eigenvalue weighted by Crippen LogP contribution is -2.22. The van der Waals surface area contributed by atoms with Crippen LogP contribution < -0.4 is 5.73 Å². The number of rotatable bonds is 2. The Morgan fingerprint density at radius 1 is 1.28 bits per heavy atom. The van der Waals surface area contributed by atoms with E-state index < -0.39 is 0 Å². The highest BCUT2D eigenvalue weighted by atomic mass is 32.1. The Balaban J connectivity index is 1.75. The standard InChI is InChI=1S/C14H17N3S/c15-14-16-8-13(18-14)10-17-7-3-6-11-4-1-2-5-12(11)9-17/h1-2,4-5,8H,3,6-7,9-10H2,(H2,15,16). The molecule has 18 heavy (non-hydrogen) atoms. The molecule has 0 atom stereocenters. The summed E-state index contributed by atoms with van der Waals surface area (Å²) in [6, 6.07) is 8.77. The largest absolute Gasteiger partial charge is 0.375 e. The van der Waals surface area contributed by atoms with Crippen molar-refractivity contribution in [1.82, 2.24) is 9.88 Å². The smallest absolute Gasteiger partial charge is 0.180 e. The Kier molecular flexibility index (Phi) is 3.30. The van der Waals surface area contributed by atoms with Gasteiger partial charge in [0.1, 0.15) is 0 Å². The number of anilines is 1. The molecule has 94 valence electrons. The third-order valence-corrected chi connectivity index (χ3v) is 4.19. The Morgan fingerprint density at radius 2 is 2.11 bits per heavy atom.